The van der Waals surface area contributed by atoms with Crippen LogP contribution < -0.4 is 5.32 Å². The molecule has 0 unspecified atom stereocenters. The maximum atomic E-state index is 12.7. The van der Waals surface area contributed by atoms with Gasteiger partial charge in [0.25, 0.3) is 0 Å². The predicted octanol–water partition coefficient (Wildman–Crippen LogP) is 2.19. The summed E-state index contributed by atoms with van der Waals surface area (Å²) in [5.74, 6) is 2.17. The third-order valence-corrected chi connectivity index (χ3v) is 3.80. The van der Waals surface area contributed by atoms with Crippen LogP contribution in [0.5, 0.6) is 0 Å². The minimum atomic E-state index is -0.223. The molecule has 3 rings (SSSR count). The largest absolute Gasteiger partial charge is 0.339 e. The van der Waals surface area contributed by atoms with Crippen molar-refractivity contribution in [1.82, 2.24) is 15.5 Å². The summed E-state index contributed by atoms with van der Waals surface area (Å²) in [6.07, 6.45) is 0. The fourth-order valence-electron chi connectivity index (χ4n) is 1.63. The molecule has 0 aliphatic carbocycles. The van der Waals surface area contributed by atoms with E-state index < -0.39 is 0 Å². The van der Waals surface area contributed by atoms with Gasteiger partial charge in [-0.3, -0.25) is 0 Å². The molecule has 1 aromatic carbocycles. The van der Waals surface area contributed by atoms with Crippen LogP contribution in [0.25, 0.3) is 0 Å². The van der Waals surface area contributed by atoms with Crippen LogP contribution in [0.15, 0.2) is 33.7 Å². The molecule has 0 atom stereocenters. The molecule has 1 fully saturated rings. The highest BCUT2D eigenvalue weighted by atomic mass is 32.2. The van der Waals surface area contributed by atoms with Gasteiger partial charge in [0, 0.05) is 18.0 Å². The first kappa shape index (κ1) is 11.7. The zero-order chi connectivity index (χ0) is 12.4. The number of thioether (sulfide) groups is 1. The lowest BCUT2D eigenvalue weighted by molar-refractivity contribution is 0.306. The Balaban J connectivity index is 1.59. The molecule has 0 spiro atoms. The van der Waals surface area contributed by atoms with Gasteiger partial charge in [0.15, 0.2) is 5.82 Å². The van der Waals surface area contributed by atoms with Crippen LogP contribution in [0.1, 0.15) is 17.6 Å². The Morgan fingerprint density at radius 2 is 2.11 bits per heavy atom. The number of benzene rings is 1. The van der Waals surface area contributed by atoms with Crippen molar-refractivity contribution in [2.45, 2.75) is 16.6 Å². The van der Waals surface area contributed by atoms with E-state index >= 15 is 0 Å². The molecule has 6 heteroatoms. The summed E-state index contributed by atoms with van der Waals surface area (Å²) in [5.41, 5.74) is 0. The number of hydrogen-bond donors (Lipinski definition) is 1. The number of nitrogens with zero attached hydrogens (tertiary/aromatic N) is 2. The summed E-state index contributed by atoms with van der Waals surface area (Å²) in [7, 11) is 0. The van der Waals surface area contributed by atoms with Crippen LogP contribution in [0.2, 0.25) is 0 Å². The van der Waals surface area contributed by atoms with E-state index in [0.29, 0.717) is 23.4 Å². The summed E-state index contributed by atoms with van der Waals surface area (Å²) >= 11 is 1.57. The molecule has 94 valence electrons. The SMILES string of the molecule is Fc1ccc(SCc2noc(C3CNC3)n2)cc1. The summed E-state index contributed by atoms with van der Waals surface area (Å²) in [4.78, 5) is 5.35. The van der Waals surface area contributed by atoms with E-state index in [9.17, 15) is 4.39 Å². The van der Waals surface area contributed by atoms with Crippen LogP contribution >= 0.6 is 11.8 Å². The molecular formula is C12H12FN3OS. The average molecular weight is 265 g/mol. The zero-order valence-electron chi connectivity index (χ0n) is 9.60. The fraction of sp³-hybridized carbons (Fsp3) is 0.333. The zero-order valence-corrected chi connectivity index (χ0v) is 10.4. The molecule has 2 heterocycles. The number of halogens is 1. The Labute approximate surface area is 108 Å². The Hall–Kier alpha value is -1.40. The van der Waals surface area contributed by atoms with Crippen molar-refractivity contribution in [1.29, 1.82) is 0 Å². The van der Waals surface area contributed by atoms with Crippen molar-refractivity contribution in [2.24, 2.45) is 0 Å². The van der Waals surface area contributed by atoms with Gasteiger partial charge in [-0.25, -0.2) is 4.39 Å². The van der Waals surface area contributed by atoms with Crippen molar-refractivity contribution in [3.05, 3.63) is 41.8 Å². The monoisotopic (exact) mass is 265 g/mol. The van der Waals surface area contributed by atoms with Crippen molar-refractivity contribution in [2.75, 3.05) is 13.1 Å². The van der Waals surface area contributed by atoms with E-state index in [1.54, 1.807) is 23.9 Å². The Kier molecular flexibility index (Phi) is 3.29. The molecule has 0 bridgehead atoms. The van der Waals surface area contributed by atoms with Gasteiger partial charge in [0.05, 0.1) is 11.7 Å². The number of rotatable bonds is 4. The average Bonchev–Trinajstić information content (AvgIpc) is 2.75. The van der Waals surface area contributed by atoms with Gasteiger partial charge in [0.2, 0.25) is 5.89 Å². The van der Waals surface area contributed by atoms with Crippen molar-refractivity contribution in [3.8, 4) is 0 Å². The maximum absolute atomic E-state index is 12.7. The number of hydrogen-bond acceptors (Lipinski definition) is 5. The molecule has 1 aliphatic heterocycles. The predicted molar refractivity (Wildman–Crippen MR) is 65.9 cm³/mol. The molecule has 4 nitrogen and oxygen atoms in total. The van der Waals surface area contributed by atoms with Gasteiger partial charge in [0.1, 0.15) is 5.82 Å². The van der Waals surface area contributed by atoms with Gasteiger partial charge in [-0.15, -0.1) is 11.8 Å². The van der Waals surface area contributed by atoms with Gasteiger partial charge in [-0.1, -0.05) is 5.16 Å². The van der Waals surface area contributed by atoms with E-state index in [-0.39, 0.29) is 5.82 Å². The first-order valence-electron chi connectivity index (χ1n) is 5.73. The van der Waals surface area contributed by atoms with E-state index in [4.69, 9.17) is 4.52 Å². The van der Waals surface area contributed by atoms with E-state index in [0.717, 1.165) is 18.0 Å². The number of aromatic nitrogens is 2. The first-order valence-corrected chi connectivity index (χ1v) is 6.71. The molecular weight excluding hydrogens is 253 g/mol. The highest BCUT2D eigenvalue weighted by Gasteiger charge is 2.24. The minimum absolute atomic E-state index is 0.223. The van der Waals surface area contributed by atoms with Crippen molar-refractivity contribution in [3.63, 3.8) is 0 Å². The van der Waals surface area contributed by atoms with Gasteiger partial charge >= 0.3 is 0 Å². The molecule has 0 radical (unpaired) electrons. The van der Waals surface area contributed by atoms with Crippen LogP contribution in [0.4, 0.5) is 4.39 Å². The highest BCUT2D eigenvalue weighted by molar-refractivity contribution is 7.98. The smallest absolute Gasteiger partial charge is 0.232 e. The molecule has 1 N–H and O–H groups in total. The quantitative estimate of drug-likeness (QED) is 0.859. The van der Waals surface area contributed by atoms with Crippen molar-refractivity contribution < 1.29 is 8.91 Å². The van der Waals surface area contributed by atoms with Crippen molar-refractivity contribution >= 4 is 11.8 Å². The van der Waals surface area contributed by atoms with E-state index in [2.05, 4.69) is 15.5 Å². The summed E-state index contributed by atoms with van der Waals surface area (Å²) < 4.78 is 17.9. The lowest BCUT2D eigenvalue weighted by Gasteiger charge is -2.22. The van der Waals surface area contributed by atoms with Crippen LogP contribution in [-0.4, -0.2) is 23.2 Å². The third kappa shape index (κ3) is 2.54. The minimum Gasteiger partial charge on any atom is -0.339 e. The van der Waals surface area contributed by atoms with Gasteiger partial charge in [-0.05, 0) is 24.3 Å². The van der Waals surface area contributed by atoms with Gasteiger partial charge in [-0.2, -0.15) is 4.98 Å². The second-order valence-corrected chi connectivity index (χ2v) is 5.20. The molecule has 1 saturated heterocycles. The Morgan fingerprint density at radius 3 is 2.78 bits per heavy atom. The van der Waals surface area contributed by atoms with E-state index in [1.165, 1.54) is 12.1 Å². The maximum Gasteiger partial charge on any atom is 0.232 e. The topological polar surface area (TPSA) is 51.0 Å². The van der Waals surface area contributed by atoms with Crippen LogP contribution in [0.3, 0.4) is 0 Å². The highest BCUT2D eigenvalue weighted by Crippen LogP contribution is 2.23. The molecule has 0 saturated carbocycles. The third-order valence-electron chi connectivity index (χ3n) is 2.80. The second-order valence-electron chi connectivity index (χ2n) is 4.15. The summed E-state index contributed by atoms with van der Waals surface area (Å²) in [5, 5.41) is 7.11. The Morgan fingerprint density at radius 1 is 1.33 bits per heavy atom. The lowest BCUT2D eigenvalue weighted by atomic mass is 10.0. The van der Waals surface area contributed by atoms with Gasteiger partial charge < -0.3 is 9.84 Å². The van der Waals surface area contributed by atoms with E-state index in [1.807, 2.05) is 0 Å². The first-order chi connectivity index (χ1) is 8.81. The Bertz CT molecular complexity index is 524. The molecule has 0 amide bonds. The lowest BCUT2D eigenvalue weighted by Crippen LogP contribution is -2.40. The molecule has 2 aromatic rings. The standard InChI is InChI=1S/C12H12FN3OS/c13-9-1-3-10(4-2-9)18-7-11-15-12(17-16-11)8-5-14-6-8/h1-4,8,14H,5-7H2. The van der Waals surface area contributed by atoms with Crippen LogP contribution in [0, 0.1) is 5.82 Å². The number of nitrogens with one attached hydrogen (secondary N) is 1. The molecule has 1 aliphatic rings. The summed E-state index contributed by atoms with van der Waals surface area (Å²) in [6.45, 7) is 1.82. The fourth-order valence-corrected chi connectivity index (χ4v) is 2.38. The normalized spacial score (nSPS) is 15.6. The second kappa shape index (κ2) is 5.07. The summed E-state index contributed by atoms with van der Waals surface area (Å²) in [6, 6.07) is 6.39. The molecule has 18 heavy (non-hydrogen) atoms. The molecule has 1 aromatic heterocycles. The van der Waals surface area contributed by atoms with Crippen LogP contribution in [-0.2, 0) is 5.75 Å².